The van der Waals surface area contributed by atoms with E-state index in [-0.39, 0.29) is 5.91 Å². The number of nitrogens with one attached hydrogen (secondary N) is 1. The van der Waals surface area contributed by atoms with Crippen LogP contribution >= 0.6 is 0 Å². The SMILES string of the molecule is C=CCNC(=O)c1ccc(N(C)S(C)(=O)=O)c(C)c1. The molecule has 1 aromatic carbocycles. The first kappa shape index (κ1) is 15.2. The summed E-state index contributed by atoms with van der Waals surface area (Å²) in [7, 11) is -1.82. The van der Waals surface area contributed by atoms with Crippen LogP contribution in [0, 0.1) is 6.92 Å². The topological polar surface area (TPSA) is 66.5 Å². The fourth-order valence-electron chi connectivity index (χ4n) is 1.60. The maximum Gasteiger partial charge on any atom is 0.251 e. The van der Waals surface area contributed by atoms with Gasteiger partial charge in [0.2, 0.25) is 10.0 Å². The fourth-order valence-corrected chi connectivity index (χ4v) is 2.16. The lowest BCUT2D eigenvalue weighted by atomic mass is 10.1. The van der Waals surface area contributed by atoms with Crippen LogP contribution in [0.5, 0.6) is 0 Å². The van der Waals surface area contributed by atoms with Crippen LogP contribution < -0.4 is 9.62 Å². The van der Waals surface area contributed by atoms with Crippen molar-refractivity contribution in [2.45, 2.75) is 6.92 Å². The van der Waals surface area contributed by atoms with Gasteiger partial charge in [-0.2, -0.15) is 0 Å². The third-order valence-electron chi connectivity index (χ3n) is 2.70. The molecule has 0 saturated carbocycles. The largest absolute Gasteiger partial charge is 0.349 e. The van der Waals surface area contributed by atoms with E-state index in [1.54, 1.807) is 31.2 Å². The second-order valence-electron chi connectivity index (χ2n) is 4.23. The van der Waals surface area contributed by atoms with Gasteiger partial charge in [-0.1, -0.05) is 6.08 Å². The summed E-state index contributed by atoms with van der Waals surface area (Å²) in [6, 6.07) is 4.89. The fraction of sp³-hybridized carbons (Fsp3) is 0.308. The van der Waals surface area contributed by atoms with Crippen LogP contribution in [0.25, 0.3) is 0 Å². The molecule has 0 atom stereocenters. The van der Waals surface area contributed by atoms with Crippen LogP contribution in [-0.2, 0) is 10.0 Å². The lowest BCUT2D eigenvalue weighted by Gasteiger charge is -2.19. The van der Waals surface area contributed by atoms with Crippen LogP contribution in [0.4, 0.5) is 5.69 Å². The molecule has 1 amide bonds. The van der Waals surface area contributed by atoms with E-state index in [1.807, 2.05) is 0 Å². The highest BCUT2D eigenvalue weighted by molar-refractivity contribution is 7.92. The molecule has 0 bridgehead atoms. The van der Waals surface area contributed by atoms with Crippen LogP contribution in [-0.4, -0.2) is 34.2 Å². The molecule has 0 aromatic heterocycles. The molecule has 0 radical (unpaired) electrons. The molecular weight excluding hydrogens is 264 g/mol. The summed E-state index contributed by atoms with van der Waals surface area (Å²) in [6.45, 7) is 5.68. The summed E-state index contributed by atoms with van der Waals surface area (Å²) in [5, 5.41) is 2.67. The van der Waals surface area contributed by atoms with E-state index >= 15 is 0 Å². The number of sulfonamides is 1. The third-order valence-corrected chi connectivity index (χ3v) is 3.89. The zero-order valence-electron chi connectivity index (χ0n) is 11.3. The zero-order valence-corrected chi connectivity index (χ0v) is 12.1. The maximum absolute atomic E-state index is 11.7. The number of anilines is 1. The molecule has 1 aromatic rings. The Kier molecular flexibility index (Phi) is 4.72. The highest BCUT2D eigenvalue weighted by atomic mass is 32.2. The summed E-state index contributed by atoms with van der Waals surface area (Å²) in [4.78, 5) is 11.7. The van der Waals surface area contributed by atoms with Gasteiger partial charge in [0.25, 0.3) is 5.91 Å². The van der Waals surface area contributed by atoms with Gasteiger partial charge in [-0.05, 0) is 30.7 Å². The number of rotatable bonds is 5. The number of benzene rings is 1. The number of hydrogen-bond donors (Lipinski definition) is 1. The quantitative estimate of drug-likeness (QED) is 0.828. The molecule has 19 heavy (non-hydrogen) atoms. The summed E-state index contributed by atoms with van der Waals surface area (Å²) >= 11 is 0. The molecule has 0 aliphatic heterocycles. The van der Waals surface area contributed by atoms with Crippen molar-refractivity contribution in [3.8, 4) is 0 Å². The molecule has 1 N–H and O–H groups in total. The molecule has 0 saturated heterocycles. The molecule has 5 nitrogen and oxygen atoms in total. The number of carbonyl (C=O) groups excluding carboxylic acids is 1. The van der Waals surface area contributed by atoms with Gasteiger partial charge in [0, 0.05) is 19.2 Å². The molecule has 1 rings (SSSR count). The lowest BCUT2D eigenvalue weighted by Crippen LogP contribution is -2.26. The average molecular weight is 282 g/mol. The van der Waals surface area contributed by atoms with Crippen LogP contribution in [0.15, 0.2) is 30.9 Å². The molecule has 0 spiro atoms. The maximum atomic E-state index is 11.7. The Morgan fingerprint density at radius 2 is 2.11 bits per heavy atom. The monoisotopic (exact) mass is 282 g/mol. The summed E-state index contributed by atoms with van der Waals surface area (Å²) in [5.41, 5.74) is 1.77. The minimum atomic E-state index is -3.31. The van der Waals surface area contributed by atoms with Crippen molar-refractivity contribution < 1.29 is 13.2 Å². The Morgan fingerprint density at radius 3 is 2.58 bits per heavy atom. The number of hydrogen-bond acceptors (Lipinski definition) is 3. The van der Waals surface area contributed by atoms with Crippen LogP contribution in [0.2, 0.25) is 0 Å². The molecule has 0 heterocycles. The minimum Gasteiger partial charge on any atom is -0.349 e. The average Bonchev–Trinajstić information content (AvgIpc) is 2.33. The van der Waals surface area contributed by atoms with Crippen molar-refractivity contribution >= 4 is 21.6 Å². The van der Waals surface area contributed by atoms with E-state index in [1.165, 1.54) is 11.4 Å². The molecule has 0 unspecified atom stereocenters. The van der Waals surface area contributed by atoms with Crippen molar-refractivity contribution in [2.75, 3.05) is 24.2 Å². The Balaban J connectivity index is 3.04. The molecular formula is C13H18N2O3S. The predicted octanol–water partition coefficient (Wildman–Crippen LogP) is 1.31. The second kappa shape index (κ2) is 5.88. The number of amides is 1. The van der Waals surface area contributed by atoms with Gasteiger partial charge in [0.05, 0.1) is 11.9 Å². The first-order valence-electron chi connectivity index (χ1n) is 5.71. The predicted molar refractivity (Wildman–Crippen MR) is 77.0 cm³/mol. The van der Waals surface area contributed by atoms with Gasteiger partial charge in [-0.3, -0.25) is 9.10 Å². The van der Waals surface area contributed by atoms with E-state index in [0.29, 0.717) is 17.8 Å². The normalized spacial score (nSPS) is 10.9. The second-order valence-corrected chi connectivity index (χ2v) is 6.24. The van der Waals surface area contributed by atoms with Crippen molar-refractivity contribution in [3.05, 3.63) is 42.0 Å². The highest BCUT2D eigenvalue weighted by Crippen LogP contribution is 2.22. The molecule has 6 heteroatoms. The van der Waals surface area contributed by atoms with Crippen LogP contribution in [0.1, 0.15) is 15.9 Å². The van der Waals surface area contributed by atoms with Gasteiger partial charge in [-0.15, -0.1) is 6.58 Å². The number of carbonyl (C=O) groups is 1. The zero-order chi connectivity index (χ0) is 14.6. The Morgan fingerprint density at radius 1 is 1.47 bits per heavy atom. The molecule has 0 aliphatic carbocycles. The van der Waals surface area contributed by atoms with Crippen molar-refractivity contribution in [1.29, 1.82) is 0 Å². The van der Waals surface area contributed by atoms with Gasteiger partial charge in [0.1, 0.15) is 0 Å². The van der Waals surface area contributed by atoms with Gasteiger partial charge >= 0.3 is 0 Å². The Hall–Kier alpha value is -1.82. The van der Waals surface area contributed by atoms with E-state index in [2.05, 4.69) is 11.9 Å². The molecule has 104 valence electrons. The van der Waals surface area contributed by atoms with Crippen molar-refractivity contribution in [2.24, 2.45) is 0 Å². The Bertz CT molecular complexity index is 594. The standard InChI is InChI=1S/C13H18N2O3S/c1-5-8-14-13(16)11-6-7-12(10(2)9-11)15(3)19(4,17)18/h5-7,9H,1,8H2,2-4H3,(H,14,16). The summed E-state index contributed by atoms with van der Waals surface area (Å²) in [6.07, 6.45) is 2.73. The molecule has 0 aliphatic rings. The van der Waals surface area contributed by atoms with Crippen LogP contribution in [0.3, 0.4) is 0 Å². The van der Waals surface area contributed by atoms with Gasteiger partial charge in [0.15, 0.2) is 0 Å². The highest BCUT2D eigenvalue weighted by Gasteiger charge is 2.15. The van der Waals surface area contributed by atoms with E-state index in [0.717, 1.165) is 11.8 Å². The number of nitrogens with zero attached hydrogens (tertiary/aromatic N) is 1. The summed E-state index contributed by atoms with van der Waals surface area (Å²) < 4.78 is 24.1. The summed E-state index contributed by atoms with van der Waals surface area (Å²) in [5.74, 6) is -0.212. The van der Waals surface area contributed by atoms with E-state index in [9.17, 15) is 13.2 Å². The smallest absolute Gasteiger partial charge is 0.251 e. The Labute approximate surface area is 114 Å². The van der Waals surface area contributed by atoms with Crippen molar-refractivity contribution in [1.82, 2.24) is 5.32 Å². The van der Waals surface area contributed by atoms with E-state index < -0.39 is 10.0 Å². The molecule has 0 fully saturated rings. The van der Waals surface area contributed by atoms with Gasteiger partial charge in [-0.25, -0.2) is 8.42 Å². The third kappa shape index (κ3) is 3.82. The van der Waals surface area contributed by atoms with Gasteiger partial charge < -0.3 is 5.32 Å². The first-order valence-corrected chi connectivity index (χ1v) is 7.56. The van der Waals surface area contributed by atoms with E-state index in [4.69, 9.17) is 0 Å². The lowest BCUT2D eigenvalue weighted by molar-refractivity contribution is 0.0958. The first-order chi connectivity index (χ1) is 8.77. The van der Waals surface area contributed by atoms with Crippen molar-refractivity contribution in [3.63, 3.8) is 0 Å². The minimum absolute atomic E-state index is 0.212. The number of aryl methyl sites for hydroxylation is 1.